The Morgan fingerprint density at radius 1 is 1.28 bits per heavy atom. The monoisotopic (exact) mass is 319 g/mol. The van der Waals surface area contributed by atoms with Crippen LogP contribution in [0.1, 0.15) is 0 Å². The fraction of sp³-hybridized carbons (Fsp3) is 0.400. The van der Waals surface area contributed by atoms with Gasteiger partial charge in [-0.3, -0.25) is 4.21 Å². The van der Waals surface area contributed by atoms with E-state index < -0.39 is 35.2 Å². The second-order valence-electron chi connectivity index (χ2n) is 3.56. The van der Waals surface area contributed by atoms with Crippen LogP contribution in [0, 0.1) is 5.92 Å². The van der Waals surface area contributed by atoms with Crippen molar-refractivity contribution in [1.82, 2.24) is 0 Å². The fourth-order valence-corrected chi connectivity index (χ4v) is 2.91. The summed E-state index contributed by atoms with van der Waals surface area (Å²) < 4.78 is 49.2. The Hall–Kier alpha value is -0.300. The molecule has 2 atom stereocenters. The van der Waals surface area contributed by atoms with Crippen molar-refractivity contribution in [2.45, 2.75) is 11.1 Å². The molecule has 0 saturated heterocycles. The van der Waals surface area contributed by atoms with Crippen molar-refractivity contribution in [3.63, 3.8) is 0 Å². The third-order valence-corrected chi connectivity index (χ3v) is 4.48. The van der Waals surface area contributed by atoms with E-state index in [2.05, 4.69) is 0 Å². The summed E-state index contributed by atoms with van der Waals surface area (Å²) in [6.45, 7) is -0.601. The Morgan fingerprint density at radius 2 is 1.89 bits per heavy atom. The molecule has 0 amide bonds. The summed E-state index contributed by atoms with van der Waals surface area (Å²) >= 11 is 11.4. The molecule has 0 saturated carbocycles. The molecular formula is C10H10Cl2F3NOS. The van der Waals surface area contributed by atoms with E-state index >= 15 is 0 Å². The summed E-state index contributed by atoms with van der Waals surface area (Å²) in [5, 5.41) is 0.405. The highest BCUT2D eigenvalue weighted by molar-refractivity contribution is 7.85. The third kappa shape index (κ3) is 4.12. The van der Waals surface area contributed by atoms with E-state index in [1.807, 2.05) is 0 Å². The molecule has 0 heterocycles. The van der Waals surface area contributed by atoms with E-state index in [4.69, 9.17) is 28.9 Å². The second-order valence-corrected chi connectivity index (χ2v) is 5.87. The van der Waals surface area contributed by atoms with Gasteiger partial charge in [0, 0.05) is 17.2 Å². The second kappa shape index (κ2) is 6.23. The molecule has 0 fully saturated rings. The molecule has 0 bridgehead atoms. The first-order valence-corrected chi connectivity index (χ1v) is 6.93. The highest BCUT2D eigenvalue weighted by Crippen LogP contribution is 2.29. The first-order valence-electron chi connectivity index (χ1n) is 4.86. The highest BCUT2D eigenvalue weighted by Gasteiger charge is 2.39. The Kier molecular flexibility index (Phi) is 5.46. The van der Waals surface area contributed by atoms with Crippen molar-refractivity contribution >= 4 is 34.0 Å². The molecule has 8 heteroatoms. The van der Waals surface area contributed by atoms with E-state index in [1.165, 1.54) is 18.2 Å². The smallest absolute Gasteiger partial charge is 0.330 e. The van der Waals surface area contributed by atoms with Crippen LogP contribution in [0.5, 0.6) is 0 Å². The summed E-state index contributed by atoms with van der Waals surface area (Å²) in [7, 11) is -1.82. The van der Waals surface area contributed by atoms with Crippen molar-refractivity contribution in [3.8, 4) is 0 Å². The number of rotatable bonds is 4. The molecule has 18 heavy (non-hydrogen) atoms. The lowest BCUT2D eigenvalue weighted by Crippen LogP contribution is -2.34. The zero-order valence-electron chi connectivity index (χ0n) is 9.01. The number of alkyl halides is 3. The molecule has 0 aliphatic carbocycles. The first kappa shape index (κ1) is 15.8. The van der Waals surface area contributed by atoms with Gasteiger partial charge >= 0.3 is 6.18 Å². The Balaban J connectivity index is 2.85. The van der Waals surface area contributed by atoms with Gasteiger partial charge < -0.3 is 5.73 Å². The molecule has 1 rings (SSSR count). The van der Waals surface area contributed by atoms with Crippen molar-refractivity contribution in [1.29, 1.82) is 0 Å². The van der Waals surface area contributed by atoms with Crippen LogP contribution in [0.2, 0.25) is 10.0 Å². The lowest BCUT2D eigenvalue weighted by atomic mass is 10.2. The van der Waals surface area contributed by atoms with Gasteiger partial charge in [-0.2, -0.15) is 13.2 Å². The predicted octanol–water partition coefficient (Wildman–Crippen LogP) is 3.24. The average Bonchev–Trinajstić information content (AvgIpc) is 2.27. The lowest BCUT2D eigenvalue weighted by Gasteiger charge is -2.17. The van der Waals surface area contributed by atoms with E-state index in [1.54, 1.807) is 0 Å². The SMILES string of the molecule is NCC(CS(=O)c1ccc(Cl)c(Cl)c1)C(F)(F)F. The molecule has 1 aromatic rings. The van der Waals surface area contributed by atoms with Crippen LogP contribution in [0.25, 0.3) is 0 Å². The van der Waals surface area contributed by atoms with Crippen LogP contribution >= 0.6 is 23.2 Å². The molecule has 0 aromatic heterocycles. The van der Waals surface area contributed by atoms with Gasteiger partial charge in [0.05, 0.1) is 26.8 Å². The summed E-state index contributed by atoms with van der Waals surface area (Å²) in [6, 6.07) is 4.07. The molecule has 0 spiro atoms. The zero-order chi connectivity index (χ0) is 13.9. The van der Waals surface area contributed by atoms with E-state index in [0.717, 1.165) is 0 Å². The van der Waals surface area contributed by atoms with Crippen molar-refractivity contribution in [2.24, 2.45) is 11.7 Å². The Morgan fingerprint density at radius 3 is 2.33 bits per heavy atom. The Bertz CT molecular complexity index is 453. The molecule has 2 N–H and O–H groups in total. The van der Waals surface area contributed by atoms with E-state index in [-0.39, 0.29) is 14.9 Å². The van der Waals surface area contributed by atoms with E-state index in [9.17, 15) is 17.4 Å². The van der Waals surface area contributed by atoms with Gasteiger partial charge in [-0.1, -0.05) is 23.2 Å². The largest absolute Gasteiger partial charge is 0.393 e. The van der Waals surface area contributed by atoms with Crippen molar-refractivity contribution in [2.75, 3.05) is 12.3 Å². The number of benzene rings is 1. The predicted molar refractivity (Wildman–Crippen MR) is 66.3 cm³/mol. The minimum Gasteiger partial charge on any atom is -0.330 e. The molecule has 2 unspecified atom stereocenters. The van der Waals surface area contributed by atoms with Gasteiger partial charge in [-0.05, 0) is 18.2 Å². The maximum absolute atomic E-state index is 12.5. The van der Waals surface area contributed by atoms with Gasteiger partial charge in [-0.25, -0.2) is 0 Å². The average molecular weight is 320 g/mol. The van der Waals surface area contributed by atoms with Crippen LogP contribution in [0.4, 0.5) is 13.2 Å². The van der Waals surface area contributed by atoms with Crippen LogP contribution in [-0.4, -0.2) is 22.7 Å². The molecule has 102 valence electrons. The molecular weight excluding hydrogens is 310 g/mol. The maximum atomic E-state index is 12.5. The number of nitrogens with two attached hydrogens (primary N) is 1. The van der Waals surface area contributed by atoms with Crippen LogP contribution in [0.15, 0.2) is 23.1 Å². The Labute approximate surface area is 115 Å². The lowest BCUT2D eigenvalue weighted by molar-refractivity contribution is -0.165. The zero-order valence-corrected chi connectivity index (χ0v) is 11.3. The topological polar surface area (TPSA) is 43.1 Å². The summed E-state index contributed by atoms with van der Waals surface area (Å²) in [5.41, 5.74) is 5.04. The summed E-state index contributed by atoms with van der Waals surface area (Å²) in [6.07, 6.45) is -4.46. The maximum Gasteiger partial charge on any atom is 0.393 e. The van der Waals surface area contributed by atoms with Crippen molar-refractivity contribution in [3.05, 3.63) is 28.2 Å². The molecule has 1 aromatic carbocycles. The van der Waals surface area contributed by atoms with Crippen LogP contribution in [0.3, 0.4) is 0 Å². The highest BCUT2D eigenvalue weighted by atomic mass is 35.5. The van der Waals surface area contributed by atoms with E-state index in [0.29, 0.717) is 0 Å². The summed E-state index contributed by atoms with van der Waals surface area (Å²) in [5.74, 6) is -2.38. The normalized spacial score (nSPS) is 15.4. The third-order valence-electron chi connectivity index (χ3n) is 2.25. The molecule has 0 aliphatic heterocycles. The van der Waals surface area contributed by atoms with Crippen molar-refractivity contribution < 1.29 is 17.4 Å². The van der Waals surface area contributed by atoms with Gasteiger partial charge in [0.1, 0.15) is 0 Å². The minimum absolute atomic E-state index is 0.152. The van der Waals surface area contributed by atoms with Gasteiger partial charge in [0.15, 0.2) is 0 Å². The number of hydrogen-bond donors (Lipinski definition) is 1. The van der Waals surface area contributed by atoms with Gasteiger partial charge in [0.2, 0.25) is 0 Å². The standard InChI is InChI=1S/C10H10Cl2F3NOS/c11-8-2-1-7(3-9(8)12)18(17)5-6(4-16)10(13,14)15/h1-3,6H,4-5,16H2. The molecule has 0 radical (unpaired) electrons. The fourth-order valence-electron chi connectivity index (χ4n) is 1.19. The molecule has 0 aliphatic rings. The van der Waals surface area contributed by atoms with Gasteiger partial charge in [-0.15, -0.1) is 0 Å². The molecule has 2 nitrogen and oxygen atoms in total. The van der Waals surface area contributed by atoms with Crippen LogP contribution < -0.4 is 5.73 Å². The quantitative estimate of drug-likeness (QED) is 0.925. The number of halogens is 5. The van der Waals surface area contributed by atoms with Crippen LogP contribution in [-0.2, 0) is 10.8 Å². The first-order chi connectivity index (χ1) is 8.25. The summed E-state index contributed by atoms with van der Waals surface area (Å²) in [4.78, 5) is 0.201. The minimum atomic E-state index is -4.46. The number of hydrogen-bond acceptors (Lipinski definition) is 2. The van der Waals surface area contributed by atoms with Gasteiger partial charge in [0.25, 0.3) is 0 Å².